The van der Waals surface area contributed by atoms with E-state index in [-0.39, 0.29) is 11.5 Å². The molecular formula is C11H11N3O. The Bertz CT molecular complexity index is 522. The summed E-state index contributed by atoms with van der Waals surface area (Å²) in [4.78, 5) is 16.2. The number of nitrogens with zero attached hydrogens (tertiary/aromatic N) is 2. The number of carbonyl (C=O) groups excluding carboxylic acids is 1. The molecule has 0 saturated carbocycles. The quantitative estimate of drug-likeness (QED) is 0.668. The van der Waals surface area contributed by atoms with Crippen molar-refractivity contribution in [2.75, 3.05) is 6.54 Å². The number of aryl methyl sites for hydroxylation is 1. The molecule has 1 aromatic rings. The van der Waals surface area contributed by atoms with Gasteiger partial charge in [-0.2, -0.15) is 0 Å². The van der Waals surface area contributed by atoms with Crippen molar-refractivity contribution in [3.63, 3.8) is 0 Å². The van der Waals surface area contributed by atoms with E-state index in [0.29, 0.717) is 12.1 Å². The third-order valence-electron chi connectivity index (χ3n) is 3.07. The maximum Gasteiger partial charge on any atom is 0.223 e. The smallest absolute Gasteiger partial charge is 0.223 e. The summed E-state index contributed by atoms with van der Waals surface area (Å²) in [6, 6.07) is 0. The molecule has 4 nitrogen and oxygen atoms in total. The van der Waals surface area contributed by atoms with Crippen LogP contribution in [-0.2, 0) is 13.5 Å². The van der Waals surface area contributed by atoms with E-state index < -0.39 is 0 Å². The summed E-state index contributed by atoms with van der Waals surface area (Å²) in [5, 5.41) is 7.65. The minimum absolute atomic E-state index is 0.139. The Morgan fingerprint density at radius 1 is 1.53 bits per heavy atom. The van der Waals surface area contributed by atoms with E-state index in [9.17, 15) is 4.79 Å². The predicted octanol–water partition coefficient (Wildman–Crippen LogP) is 0.976. The largest absolute Gasteiger partial charge is 0.347 e. The molecule has 0 aromatic carbocycles. The molecule has 76 valence electrons. The van der Waals surface area contributed by atoms with E-state index in [1.807, 2.05) is 17.8 Å². The second-order valence-corrected chi connectivity index (χ2v) is 4.05. The SMILES string of the molecule is Cn1cc2c3c1C(=O)C(=N)CC3=NCC2. The first-order valence-electron chi connectivity index (χ1n) is 5.02. The molecule has 1 aliphatic heterocycles. The first-order valence-corrected chi connectivity index (χ1v) is 5.02. The first-order chi connectivity index (χ1) is 7.18. The summed E-state index contributed by atoms with van der Waals surface area (Å²) in [5.74, 6) is -0.139. The van der Waals surface area contributed by atoms with E-state index in [1.165, 1.54) is 5.56 Å². The monoisotopic (exact) mass is 201 g/mol. The molecule has 15 heavy (non-hydrogen) atoms. The Kier molecular flexibility index (Phi) is 1.52. The van der Waals surface area contributed by atoms with Crippen LogP contribution in [0.25, 0.3) is 0 Å². The van der Waals surface area contributed by atoms with Gasteiger partial charge in [0.2, 0.25) is 5.78 Å². The van der Waals surface area contributed by atoms with Gasteiger partial charge in [-0.1, -0.05) is 0 Å². The molecule has 0 unspecified atom stereocenters. The fourth-order valence-corrected chi connectivity index (χ4v) is 2.40. The highest BCUT2D eigenvalue weighted by Crippen LogP contribution is 2.28. The summed E-state index contributed by atoms with van der Waals surface area (Å²) in [6.45, 7) is 0.785. The van der Waals surface area contributed by atoms with Crippen molar-refractivity contribution in [3.05, 3.63) is 23.0 Å². The number of nitrogens with one attached hydrogen (secondary N) is 1. The van der Waals surface area contributed by atoms with Crippen LogP contribution in [0.3, 0.4) is 0 Å². The fraction of sp³-hybridized carbons (Fsp3) is 0.364. The van der Waals surface area contributed by atoms with Gasteiger partial charge in [0, 0.05) is 31.8 Å². The van der Waals surface area contributed by atoms with Crippen LogP contribution in [0.4, 0.5) is 0 Å². The average Bonchev–Trinajstić information content (AvgIpc) is 2.53. The molecule has 0 fully saturated rings. The third kappa shape index (κ3) is 0.988. The van der Waals surface area contributed by atoms with Crippen LogP contribution in [0.1, 0.15) is 28.0 Å². The molecule has 1 N–H and O–H groups in total. The second-order valence-electron chi connectivity index (χ2n) is 4.05. The Labute approximate surface area is 87.1 Å². The average molecular weight is 201 g/mol. The third-order valence-corrected chi connectivity index (χ3v) is 3.07. The van der Waals surface area contributed by atoms with E-state index in [0.717, 1.165) is 24.2 Å². The number of rotatable bonds is 0. The summed E-state index contributed by atoms with van der Waals surface area (Å²) in [7, 11) is 1.86. The van der Waals surface area contributed by atoms with Crippen LogP contribution in [0.2, 0.25) is 0 Å². The van der Waals surface area contributed by atoms with Crippen molar-refractivity contribution >= 4 is 17.2 Å². The number of aliphatic imine (C=N–C) groups is 1. The number of ketones is 1. The van der Waals surface area contributed by atoms with Gasteiger partial charge in [-0.15, -0.1) is 0 Å². The predicted molar refractivity (Wildman–Crippen MR) is 57.2 cm³/mol. The van der Waals surface area contributed by atoms with Crippen LogP contribution in [0, 0.1) is 5.41 Å². The molecule has 3 rings (SSSR count). The molecule has 0 saturated heterocycles. The highest BCUT2D eigenvalue weighted by atomic mass is 16.1. The van der Waals surface area contributed by atoms with Gasteiger partial charge in [0.1, 0.15) is 0 Å². The Morgan fingerprint density at radius 3 is 3.13 bits per heavy atom. The van der Waals surface area contributed by atoms with Crippen molar-refractivity contribution in [3.8, 4) is 0 Å². The molecule has 2 heterocycles. The number of Topliss-reactive ketones (excluding diaryl/α,β-unsaturated/α-hetero) is 1. The van der Waals surface area contributed by atoms with E-state index in [1.54, 1.807) is 0 Å². The maximum absolute atomic E-state index is 11.8. The van der Waals surface area contributed by atoms with Gasteiger partial charge in [-0.25, -0.2) is 0 Å². The highest BCUT2D eigenvalue weighted by Gasteiger charge is 2.33. The van der Waals surface area contributed by atoms with Crippen LogP contribution >= 0.6 is 0 Å². The van der Waals surface area contributed by atoms with Crippen molar-refractivity contribution in [2.45, 2.75) is 12.8 Å². The zero-order valence-corrected chi connectivity index (χ0v) is 8.50. The van der Waals surface area contributed by atoms with E-state index in [4.69, 9.17) is 5.41 Å². The minimum Gasteiger partial charge on any atom is -0.347 e. The van der Waals surface area contributed by atoms with Crippen molar-refractivity contribution < 1.29 is 4.79 Å². The molecule has 1 aliphatic carbocycles. The van der Waals surface area contributed by atoms with Gasteiger partial charge in [0.05, 0.1) is 17.1 Å². The van der Waals surface area contributed by atoms with Crippen LogP contribution in [0.5, 0.6) is 0 Å². The summed E-state index contributed by atoms with van der Waals surface area (Å²) < 4.78 is 1.83. The van der Waals surface area contributed by atoms with Crippen molar-refractivity contribution in [1.82, 2.24) is 4.57 Å². The van der Waals surface area contributed by atoms with Gasteiger partial charge in [-0.05, 0) is 12.0 Å². The van der Waals surface area contributed by atoms with Crippen LogP contribution in [-0.4, -0.2) is 28.3 Å². The molecular weight excluding hydrogens is 190 g/mol. The standard InChI is InChI=1S/C11H11N3O/c1-14-5-6-2-3-13-8-4-7(12)11(15)10(14)9(6)8/h5,12H,2-4H2,1H3. The molecule has 0 atom stereocenters. The van der Waals surface area contributed by atoms with Gasteiger partial charge in [0.15, 0.2) is 0 Å². The Morgan fingerprint density at radius 2 is 2.33 bits per heavy atom. The van der Waals surface area contributed by atoms with Gasteiger partial charge in [-0.3, -0.25) is 9.79 Å². The van der Waals surface area contributed by atoms with Crippen LogP contribution < -0.4 is 0 Å². The molecule has 1 aromatic heterocycles. The number of aromatic nitrogens is 1. The van der Waals surface area contributed by atoms with Gasteiger partial charge in [0.25, 0.3) is 0 Å². The zero-order valence-electron chi connectivity index (χ0n) is 8.50. The molecule has 0 amide bonds. The zero-order chi connectivity index (χ0) is 10.6. The lowest BCUT2D eigenvalue weighted by Crippen LogP contribution is -2.30. The second kappa shape index (κ2) is 2.66. The number of carbonyl (C=O) groups is 1. The molecule has 2 aliphatic rings. The summed E-state index contributed by atoms with van der Waals surface area (Å²) >= 11 is 0. The maximum atomic E-state index is 11.8. The van der Waals surface area contributed by atoms with Crippen molar-refractivity contribution in [1.29, 1.82) is 5.41 Å². The number of hydrogen-bond donors (Lipinski definition) is 1. The molecule has 4 heteroatoms. The molecule has 0 spiro atoms. The highest BCUT2D eigenvalue weighted by molar-refractivity contribution is 6.52. The van der Waals surface area contributed by atoms with E-state index in [2.05, 4.69) is 4.99 Å². The Hall–Kier alpha value is -1.71. The first kappa shape index (κ1) is 8.59. The van der Waals surface area contributed by atoms with Gasteiger partial charge >= 0.3 is 0 Å². The summed E-state index contributed by atoms with van der Waals surface area (Å²) in [5.41, 5.74) is 3.95. The lowest BCUT2D eigenvalue weighted by molar-refractivity contribution is 0.105. The Balaban J connectivity index is 2.36. The topological polar surface area (TPSA) is 58.2 Å². The molecule has 0 bridgehead atoms. The normalized spacial score (nSPS) is 18.9. The summed E-state index contributed by atoms with van der Waals surface area (Å²) in [6.07, 6.45) is 3.31. The fourth-order valence-electron chi connectivity index (χ4n) is 2.40. The lowest BCUT2D eigenvalue weighted by Gasteiger charge is -2.19. The molecule has 0 radical (unpaired) electrons. The van der Waals surface area contributed by atoms with Crippen LogP contribution in [0.15, 0.2) is 11.2 Å². The lowest BCUT2D eigenvalue weighted by atomic mass is 9.88. The van der Waals surface area contributed by atoms with Gasteiger partial charge < -0.3 is 9.98 Å². The van der Waals surface area contributed by atoms with E-state index >= 15 is 0 Å². The number of hydrogen-bond acceptors (Lipinski definition) is 3. The minimum atomic E-state index is -0.139. The van der Waals surface area contributed by atoms with Crippen molar-refractivity contribution in [2.24, 2.45) is 12.0 Å².